The van der Waals surface area contributed by atoms with Crippen LogP contribution < -0.4 is 5.32 Å². The van der Waals surface area contributed by atoms with Crippen molar-refractivity contribution in [2.75, 3.05) is 0 Å². The van der Waals surface area contributed by atoms with Gasteiger partial charge in [-0.05, 0) is 39.0 Å². The van der Waals surface area contributed by atoms with Gasteiger partial charge in [0.2, 0.25) is 0 Å². The number of hydrogen-bond acceptors (Lipinski definition) is 3. The Kier molecular flexibility index (Phi) is 4.22. The summed E-state index contributed by atoms with van der Waals surface area (Å²) in [5, 5.41) is 12.5. The zero-order valence-electron chi connectivity index (χ0n) is 14.4. The van der Waals surface area contributed by atoms with Crippen LogP contribution in [0, 0.1) is 17.3 Å². The molecule has 5 heteroatoms. The zero-order chi connectivity index (χ0) is 16.8. The van der Waals surface area contributed by atoms with E-state index in [2.05, 4.69) is 5.32 Å². The molecule has 126 valence electrons. The summed E-state index contributed by atoms with van der Waals surface area (Å²) in [6, 6.07) is 0. The van der Waals surface area contributed by atoms with E-state index >= 15 is 0 Å². The second-order valence-corrected chi connectivity index (χ2v) is 8.46. The first kappa shape index (κ1) is 17.1. The maximum absolute atomic E-state index is 12.3. The van der Waals surface area contributed by atoms with Crippen LogP contribution in [0.5, 0.6) is 0 Å². The second-order valence-electron chi connectivity index (χ2n) is 8.46. The van der Waals surface area contributed by atoms with Crippen molar-refractivity contribution < 1.29 is 19.4 Å². The van der Waals surface area contributed by atoms with Gasteiger partial charge in [-0.25, -0.2) is 4.79 Å². The summed E-state index contributed by atoms with van der Waals surface area (Å²) in [7, 11) is 0. The molecule has 22 heavy (non-hydrogen) atoms. The van der Waals surface area contributed by atoms with Gasteiger partial charge in [-0.15, -0.1) is 0 Å². The Hall–Kier alpha value is -1.26. The molecule has 5 nitrogen and oxygen atoms in total. The van der Waals surface area contributed by atoms with Crippen LogP contribution in [0.1, 0.15) is 66.7 Å². The van der Waals surface area contributed by atoms with Crippen molar-refractivity contribution in [3.63, 3.8) is 0 Å². The molecule has 2 rings (SSSR count). The molecule has 2 fully saturated rings. The van der Waals surface area contributed by atoms with E-state index in [1.807, 2.05) is 34.6 Å². The number of carboxylic acids is 1. The topological polar surface area (TPSA) is 75.6 Å². The summed E-state index contributed by atoms with van der Waals surface area (Å²) in [5.41, 5.74) is -1.27. The molecule has 2 N–H and O–H groups in total. The average molecular weight is 311 g/mol. The first-order valence-electron chi connectivity index (χ1n) is 8.24. The lowest BCUT2D eigenvalue weighted by atomic mass is 9.75. The van der Waals surface area contributed by atoms with Gasteiger partial charge >= 0.3 is 12.1 Å². The molecule has 2 aliphatic rings. The van der Waals surface area contributed by atoms with Gasteiger partial charge in [0.1, 0.15) is 5.60 Å². The number of carboxylic acid groups (broad SMARTS) is 1. The molecule has 0 aromatic rings. The molecular weight excluding hydrogens is 282 g/mol. The molecule has 0 spiro atoms. The van der Waals surface area contributed by atoms with Crippen molar-refractivity contribution in [3.8, 4) is 0 Å². The quantitative estimate of drug-likeness (QED) is 0.835. The molecule has 0 aromatic heterocycles. The number of amides is 1. The minimum atomic E-state index is -0.758. The average Bonchev–Trinajstić information content (AvgIpc) is 2.92. The first-order valence-corrected chi connectivity index (χ1v) is 8.24. The monoisotopic (exact) mass is 311 g/mol. The lowest BCUT2D eigenvalue weighted by Gasteiger charge is -2.40. The van der Waals surface area contributed by atoms with Gasteiger partial charge in [0.15, 0.2) is 0 Å². The Labute approximate surface area is 132 Å². The Morgan fingerprint density at radius 1 is 1.14 bits per heavy atom. The number of carbonyl (C=O) groups excluding carboxylic acids is 1. The smallest absolute Gasteiger partial charge is 0.408 e. The van der Waals surface area contributed by atoms with Crippen LogP contribution in [0.15, 0.2) is 0 Å². The fourth-order valence-corrected chi connectivity index (χ4v) is 4.33. The summed E-state index contributed by atoms with van der Waals surface area (Å²) in [5.74, 6) is -1.17. The van der Waals surface area contributed by atoms with Crippen LogP contribution in [-0.4, -0.2) is 28.3 Å². The zero-order valence-corrected chi connectivity index (χ0v) is 14.4. The number of alkyl carbamates (subject to hydrolysis) is 1. The Balaban J connectivity index is 2.19. The highest BCUT2D eigenvalue weighted by molar-refractivity contribution is 5.77. The van der Waals surface area contributed by atoms with E-state index in [4.69, 9.17) is 4.74 Å². The minimum absolute atomic E-state index is 0.0229. The van der Waals surface area contributed by atoms with Crippen LogP contribution in [0.2, 0.25) is 0 Å². The van der Waals surface area contributed by atoms with E-state index in [1.54, 1.807) is 0 Å². The van der Waals surface area contributed by atoms with Crippen molar-refractivity contribution in [3.05, 3.63) is 0 Å². The lowest BCUT2D eigenvalue weighted by Crippen LogP contribution is -2.54. The molecule has 2 atom stereocenters. The second kappa shape index (κ2) is 5.43. The minimum Gasteiger partial charge on any atom is -0.481 e. The van der Waals surface area contributed by atoms with E-state index in [1.165, 1.54) is 0 Å². The summed E-state index contributed by atoms with van der Waals surface area (Å²) >= 11 is 0. The number of ether oxygens (including phenoxy) is 1. The predicted molar refractivity (Wildman–Crippen MR) is 83.6 cm³/mol. The fraction of sp³-hybridized carbons (Fsp3) is 0.882. The van der Waals surface area contributed by atoms with Crippen molar-refractivity contribution in [2.45, 2.75) is 77.9 Å². The SMILES string of the molecule is CC(C)(C)OC(=O)NC1([C@H]2[C@H](C(=O)O)C2(C)C)CCCCC1. The van der Waals surface area contributed by atoms with Gasteiger partial charge < -0.3 is 15.2 Å². The lowest BCUT2D eigenvalue weighted by molar-refractivity contribution is -0.139. The van der Waals surface area contributed by atoms with Crippen LogP contribution in [0.25, 0.3) is 0 Å². The summed E-state index contributed by atoms with van der Waals surface area (Å²) in [6.45, 7) is 9.48. The van der Waals surface area contributed by atoms with Crippen molar-refractivity contribution in [2.24, 2.45) is 17.3 Å². The van der Waals surface area contributed by atoms with E-state index in [9.17, 15) is 14.7 Å². The molecule has 2 saturated carbocycles. The van der Waals surface area contributed by atoms with E-state index in [0.717, 1.165) is 32.1 Å². The molecule has 0 saturated heterocycles. The van der Waals surface area contributed by atoms with Crippen LogP contribution in [-0.2, 0) is 9.53 Å². The van der Waals surface area contributed by atoms with Crippen molar-refractivity contribution in [1.82, 2.24) is 5.32 Å². The van der Waals surface area contributed by atoms with Crippen LogP contribution in [0.4, 0.5) is 4.79 Å². The van der Waals surface area contributed by atoms with Crippen molar-refractivity contribution in [1.29, 1.82) is 0 Å². The summed E-state index contributed by atoms with van der Waals surface area (Å²) < 4.78 is 5.41. The maximum atomic E-state index is 12.3. The molecule has 0 unspecified atom stereocenters. The molecule has 2 aliphatic carbocycles. The third-order valence-corrected chi connectivity index (χ3v) is 5.18. The molecule has 0 aromatic carbocycles. The van der Waals surface area contributed by atoms with Gasteiger partial charge in [0.05, 0.1) is 5.92 Å². The number of nitrogens with one attached hydrogen (secondary N) is 1. The standard InChI is InChI=1S/C17H29NO4/c1-15(2,3)22-14(21)18-17(9-7-6-8-10-17)12-11(13(19)20)16(12,4)5/h11-12H,6-10H2,1-5H3,(H,18,21)(H,19,20)/t11-,12+/m1/s1. The van der Waals surface area contributed by atoms with Gasteiger partial charge in [0, 0.05) is 11.5 Å². The Morgan fingerprint density at radius 3 is 2.09 bits per heavy atom. The fourth-order valence-electron chi connectivity index (χ4n) is 4.33. The van der Waals surface area contributed by atoms with Gasteiger partial charge in [-0.2, -0.15) is 0 Å². The molecular formula is C17H29NO4. The van der Waals surface area contributed by atoms with Gasteiger partial charge in [-0.3, -0.25) is 4.79 Å². The van der Waals surface area contributed by atoms with E-state index in [0.29, 0.717) is 0 Å². The third kappa shape index (κ3) is 3.23. The van der Waals surface area contributed by atoms with E-state index < -0.39 is 23.2 Å². The third-order valence-electron chi connectivity index (χ3n) is 5.18. The highest BCUT2D eigenvalue weighted by Crippen LogP contribution is 2.65. The Morgan fingerprint density at radius 2 is 1.68 bits per heavy atom. The first-order chi connectivity index (χ1) is 10.00. The van der Waals surface area contributed by atoms with E-state index in [-0.39, 0.29) is 17.3 Å². The van der Waals surface area contributed by atoms with Crippen molar-refractivity contribution >= 4 is 12.1 Å². The summed E-state index contributed by atoms with van der Waals surface area (Å²) in [6.07, 6.45) is 4.43. The maximum Gasteiger partial charge on any atom is 0.408 e. The number of rotatable bonds is 3. The number of hydrogen-bond donors (Lipinski definition) is 2. The molecule has 0 aliphatic heterocycles. The molecule has 0 radical (unpaired) electrons. The van der Waals surface area contributed by atoms with Gasteiger partial charge in [-0.1, -0.05) is 33.1 Å². The van der Waals surface area contributed by atoms with Crippen LogP contribution >= 0.6 is 0 Å². The highest BCUT2D eigenvalue weighted by Gasteiger charge is 2.70. The summed E-state index contributed by atoms with van der Waals surface area (Å²) in [4.78, 5) is 23.8. The molecule has 1 amide bonds. The molecule has 0 heterocycles. The Bertz CT molecular complexity index is 458. The number of carbonyl (C=O) groups is 2. The molecule has 0 bridgehead atoms. The number of aliphatic carboxylic acids is 1. The normalized spacial score (nSPS) is 29.5. The van der Waals surface area contributed by atoms with Crippen LogP contribution in [0.3, 0.4) is 0 Å². The largest absolute Gasteiger partial charge is 0.481 e. The highest BCUT2D eigenvalue weighted by atomic mass is 16.6. The predicted octanol–water partition coefficient (Wildman–Crippen LogP) is 3.57. The van der Waals surface area contributed by atoms with Gasteiger partial charge in [0.25, 0.3) is 0 Å².